The van der Waals surface area contributed by atoms with Crippen molar-refractivity contribution in [3.63, 3.8) is 0 Å². The molecule has 2 rings (SSSR count). The summed E-state index contributed by atoms with van der Waals surface area (Å²) < 4.78 is 4.68. The van der Waals surface area contributed by atoms with Crippen LogP contribution in [0.4, 0.5) is 0 Å². The van der Waals surface area contributed by atoms with Gasteiger partial charge in [-0.3, -0.25) is 14.5 Å². The van der Waals surface area contributed by atoms with Gasteiger partial charge in [0.2, 0.25) is 5.91 Å². The van der Waals surface area contributed by atoms with Crippen molar-refractivity contribution in [2.75, 3.05) is 26.7 Å². The van der Waals surface area contributed by atoms with Gasteiger partial charge in [-0.2, -0.15) is 0 Å². The molecule has 5 nitrogen and oxygen atoms in total. The zero-order valence-electron chi connectivity index (χ0n) is 12.4. The number of nitrogens with zero attached hydrogens (tertiary/aromatic N) is 1. The van der Waals surface area contributed by atoms with Gasteiger partial charge in [0.1, 0.15) is 0 Å². The van der Waals surface area contributed by atoms with Gasteiger partial charge in [0.15, 0.2) is 0 Å². The minimum atomic E-state index is -0.401. The van der Waals surface area contributed by atoms with E-state index in [0.717, 1.165) is 25.9 Å². The molecule has 114 valence electrons. The first-order valence-corrected chi connectivity index (χ1v) is 7.33. The molecule has 0 radical (unpaired) electrons. The van der Waals surface area contributed by atoms with Crippen LogP contribution in [0, 0.1) is 0 Å². The summed E-state index contributed by atoms with van der Waals surface area (Å²) in [6.45, 7) is 2.23. The SMILES string of the molecule is COC(=O)CC1C(=O)NCCN1CCCc1ccccc1. The summed E-state index contributed by atoms with van der Waals surface area (Å²) >= 11 is 0. The fourth-order valence-corrected chi connectivity index (χ4v) is 2.62. The highest BCUT2D eigenvalue weighted by atomic mass is 16.5. The van der Waals surface area contributed by atoms with E-state index in [1.165, 1.54) is 12.7 Å². The summed E-state index contributed by atoms with van der Waals surface area (Å²) in [4.78, 5) is 25.4. The number of esters is 1. The molecule has 0 bridgehead atoms. The highest BCUT2D eigenvalue weighted by Gasteiger charge is 2.31. The van der Waals surface area contributed by atoms with Crippen molar-refractivity contribution in [1.82, 2.24) is 10.2 Å². The quantitative estimate of drug-likeness (QED) is 0.794. The maximum atomic E-state index is 11.9. The van der Waals surface area contributed by atoms with Gasteiger partial charge in [-0.15, -0.1) is 0 Å². The van der Waals surface area contributed by atoms with Gasteiger partial charge in [0.25, 0.3) is 0 Å². The van der Waals surface area contributed by atoms with Gasteiger partial charge in [-0.25, -0.2) is 0 Å². The molecule has 1 atom stereocenters. The zero-order valence-corrected chi connectivity index (χ0v) is 12.4. The van der Waals surface area contributed by atoms with E-state index in [-0.39, 0.29) is 18.3 Å². The molecule has 1 saturated heterocycles. The van der Waals surface area contributed by atoms with Gasteiger partial charge in [0.05, 0.1) is 19.6 Å². The first-order chi connectivity index (χ1) is 10.2. The second-order valence-corrected chi connectivity index (χ2v) is 5.21. The smallest absolute Gasteiger partial charge is 0.307 e. The molecule has 1 fully saturated rings. The van der Waals surface area contributed by atoms with Crippen molar-refractivity contribution in [3.8, 4) is 0 Å². The van der Waals surface area contributed by atoms with Crippen molar-refractivity contribution < 1.29 is 14.3 Å². The number of amides is 1. The number of piperazine rings is 1. The topological polar surface area (TPSA) is 58.6 Å². The highest BCUT2D eigenvalue weighted by molar-refractivity contribution is 5.87. The van der Waals surface area contributed by atoms with Crippen molar-refractivity contribution in [2.45, 2.75) is 25.3 Å². The Labute approximate surface area is 125 Å². The molecule has 1 amide bonds. The van der Waals surface area contributed by atoms with E-state index in [2.05, 4.69) is 27.1 Å². The van der Waals surface area contributed by atoms with Crippen molar-refractivity contribution in [3.05, 3.63) is 35.9 Å². The number of methoxy groups -OCH3 is 1. The number of rotatable bonds is 6. The number of ether oxygens (including phenoxy) is 1. The third-order valence-electron chi connectivity index (χ3n) is 3.78. The van der Waals surface area contributed by atoms with E-state index in [9.17, 15) is 9.59 Å². The molecule has 5 heteroatoms. The Kier molecular flexibility index (Phi) is 5.75. The molecule has 1 unspecified atom stereocenters. The van der Waals surface area contributed by atoms with Gasteiger partial charge < -0.3 is 10.1 Å². The summed E-state index contributed by atoms with van der Waals surface area (Å²) in [7, 11) is 1.35. The predicted octanol–water partition coefficient (Wildman–Crippen LogP) is 0.983. The Morgan fingerprint density at radius 1 is 1.38 bits per heavy atom. The molecule has 0 aromatic heterocycles. The molecule has 0 spiro atoms. The van der Waals surface area contributed by atoms with Crippen molar-refractivity contribution in [1.29, 1.82) is 0 Å². The Bertz CT molecular complexity index is 476. The molecule has 0 saturated carbocycles. The summed E-state index contributed by atoms with van der Waals surface area (Å²) in [5, 5.41) is 2.81. The molecule has 1 N–H and O–H groups in total. The molecule has 1 aromatic rings. The van der Waals surface area contributed by atoms with Crippen LogP contribution in [0.15, 0.2) is 30.3 Å². The lowest BCUT2D eigenvalue weighted by Gasteiger charge is -2.34. The Morgan fingerprint density at radius 2 is 2.14 bits per heavy atom. The minimum absolute atomic E-state index is 0.0774. The minimum Gasteiger partial charge on any atom is -0.469 e. The lowest BCUT2D eigenvalue weighted by atomic mass is 10.1. The first kappa shape index (κ1) is 15.5. The van der Waals surface area contributed by atoms with Crippen molar-refractivity contribution >= 4 is 11.9 Å². The van der Waals surface area contributed by atoms with Crippen LogP contribution >= 0.6 is 0 Å². The molecular weight excluding hydrogens is 268 g/mol. The molecule has 0 aliphatic carbocycles. The Morgan fingerprint density at radius 3 is 2.86 bits per heavy atom. The zero-order chi connectivity index (χ0) is 15.1. The van der Waals surface area contributed by atoms with Crippen LogP contribution < -0.4 is 5.32 Å². The van der Waals surface area contributed by atoms with Crippen LogP contribution in [0.3, 0.4) is 0 Å². The van der Waals surface area contributed by atoms with Gasteiger partial charge >= 0.3 is 5.97 Å². The second-order valence-electron chi connectivity index (χ2n) is 5.21. The molecule has 21 heavy (non-hydrogen) atoms. The second kappa shape index (κ2) is 7.78. The van der Waals surface area contributed by atoms with Gasteiger partial charge in [-0.1, -0.05) is 30.3 Å². The Hall–Kier alpha value is -1.88. The van der Waals surface area contributed by atoms with E-state index >= 15 is 0 Å². The largest absolute Gasteiger partial charge is 0.469 e. The number of carbonyl (C=O) groups excluding carboxylic acids is 2. The lowest BCUT2D eigenvalue weighted by molar-refractivity contribution is -0.145. The third kappa shape index (κ3) is 4.56. The number of aryl methyl sites for hydroxylation is 1. The Balaban J connectivity index is 1.86. The number of benzene rings is 1. The predicted molar refractivity (Wildman–Crippen MR) is 79.8 cm³/mol. The van der Waals surface area contributed by atoms with E-state index in [1.807, 2.05) is 18.2 Å². The number of hydrogen-bond donors (Lipinski definition) is 1. The number of hydrogen-bond acceptors (Lipinski definition) is 4. The average molecular weight is 290 g/mol. The third-order valence-corrected chi connectivity index (χ3v) is 3.78. The first-order valence-electron chi connectivity index (χ1n) is 7.33. The maximum Gasteiger partial charge on any atom is 0.307 e. The van der Waals surface area contributed by atoms with Crippen LogP contribution in [0.25, 0.3) is 0 Å². The van der Waals surface area contributed by atoms with Crippen LogP contribution in [0.5, 0.6) is 0 Å². The van der Waals surface area contributed by atoms with E-state index in [4.69, 9.17) is 0 Å². The fourth-order valence-electron chi connectivity index (χ4n) is 2.62. The number of carbonyl (C=O) groups is 2. The van der Waals surface area contributed by atoms with Crippen LogP contribution in [-0.2, 0) is 20.7 Å². The molecule has 1 heterocycles. The average Bonchev–Trinajstić information content (AvgIpc) is 2.51. The standard InChI is InChI=1S/C16H22N2O3/c1-21-15(19)12-14-16(20)17-9-11-18(14)10-5-8-13-6-3-2-4-7-13/h2-4,6-7,14H,5,8-12H2,1H3,(H,17,20). The maximum absolute atomic E-state index is 11.9. The van der Waals surface area contributed by atoms with E-state index in [0.29, 0.717) is 6.54 Å². The van der Waals surface area contributed by atoms with E-state index in [1.54, 1.807) is 0 Å². The van der Waals surface area contributed by atoms with Crippen LogP contribution in [-0.4, -0.2) is 49.6 Å². The summed E-state index contributed by atoms with van der Waals surface area (Å²) in [5.41, 5.74) is 1.29. The highest BCUT2D eigenvalue weighted by Crippen LogP contribution is 2.12. The molecular formula is C16H22N2O3. The molecule has 1 aliphatic rings. The summed E-state index contributed by atoms with van der Waals surface area (Å²) in [6.07, 6.45) is 2.06. The summed E-state index contributed by atoms with van der Waals surface area (Å²) in [5.74, 6) is -0.420. The van der Waals surface area contributed by atoms with E-state index < -0.39 is 6.04 Å². The lowest BCUT2D eigenvalue weighted by Crippen LogP contribution is -2.56. The van der Waals surface area contributed by atoms with Crippen molar-refractivity contribution in [2.24, 2.45) is 0 Å². The van der Waals surface area contributed by atoms with Crippen LogP contribution in [0.2, 0.25) is 0 Å². The van der Waals surface area contributed by atoms with Gasteiger partial charge in [0, 0.05) is 13.1 Å². The normalized spacial score (nSPS) is 19.1. The monoisotopic (exact) mass is 290 g/mol. The van der Waals surface area contributed by atoms with Gasteiger partial charge in [-0.05, 0) is 24.9 Å². The molecule has 1 aromatic carbocycles. The number of nitrogens with one attached hydrogen (secondary N) is 1. The summed E-state index contributed by atoms with van der Waals surface area (Å²) in [6, 6.07) is 9.88. The molecule has 1 aliphatic heterocycles. The van der Waals surface area contributed by atoms with Crippen LogP contribution in [0.1, 0.15) is 18.4 Å². The fraction of sp³-hybridized carbons (Fsp3) is 0.500.